The summed E-state index contributed by atoms with van der Waals surface area (Å²) in [6.07, 6.45) is 1.77. The Kier molecular flexibility index (Phi) is 7.58. The smallest absolute Gasteiger partial charge is 0.282 e. The highest BCUT2D eigenvalue weighted by atomic mass is 35.5. The van der Waals surface area contributed by atoms with E-state index >= 15 is 0 Å². The van der Waals surface area contributed by atoms with Crippen LogP contribution in [0, 0.1) is 0 Å². The fraction of sp³-hybridized carbons (Fsp3) is 1.00. The average molecular weight is 286 g/mol. The van der Waals surface area contributed by atoms with Crippen LogP contribution in [0.3, 0.4) is 0 Å². The van der Waals surface area contributed by atoms with Crippen LogP contribution in [0.15, 0.2) is 0 Å². The van der Waals surface area contributed by atoms with Gasteiger partial charge in [0.2, 0.25) is 0 Å². The second-order valence-electron chi connectivity index (χ2n) is 4.18. The number of nitrogens with zero attached hydrogens (tertiary/aromatic N) is 2. The van der Waals surface area contributed by atoms with Gasteiger partial charge in [-0.05, 0) is 19.4 Å². The molecule has 0 aromatic heterocycles. The van der Waals surface area contributed by atoms with Crippen molar-refractivity contribution in [1.29, 1.82) is 0 Å². The van der Waals surface area contributed by atoms with E-state index in [0.29, 0.717) is 13.1 Å². The summed E-state index contributed by atoms with van der Waals surface area (Å²) in [6, 6.07) is 0.124. The average Bonchev–Trinajstić information content (AvgIpc) is 2.77. The van der Waals surface area contributed by atoms with Crippen LogP contribution in [0.2, 0.25) is 0 Å². The third-order valence-corrected chi connectivity index (χ3v) is 5.14. The standard InChI is InChI=1S/C10H23N3O2S.ClH/c1-4-8-13(10-6-7-11-9-10)16(14,15)12(3)5-2;/h10-11H,4-9H2,1-3H3;1H. The molecule has 1 atom stereocenters. The molecule has 1 aliphatic heterocycles. The van der Waals surface area contributed by atoms with Gasteiger partial charge in [0.05, 0.1) is 0 Å². The molecule has 1 rings (SSSR count). The lowest BCUT2D eigenvalue weighted by Gasteiger charge is -2.30. The molecule has 1 aliphatic rings. The number of rotatable bonds is 6. The fourth-order valence-electron chi connectivity index (χ4n) is 1.93. The van der Waals surface area contributed by atoms with Crippen molar-refractivity contribution in [2.24, 2.45) is 0 Å². The first-order valence-corrected chi connectivity index (χ1v) is 7.37. The molecule has 0 spiro atoms. The van der Waals surface area contributed by atoms with E-state index in [2.05, 4.69) is 5.32 Å². The molecule has 1 fully saturated rings. The van der Waals surface area contributed by atoms with E-state index in [-0.39, 0.29) is 18.4 Å². The molecule has 0 amide bonds. The second kappa shape index (κ2) is 7.53. The molecule has 1 saturated heterocycles. The Morgan fingerprint density at radius 2 is 2.00 bits per heavy atom. The summed E-state index contributed by atoms with van der Waals surface area (Å²) in [6.45, 7) is 6.68. The quantitative estimate of drug-likeness (QED) is 0.781. The van der Waals surface area contributed by atoms with E-state index in [4.69, 9.17) is 0 Å². The summed E-state index contributed by atoms with van der Waals surface area (Å²) in [5, 5.41) is 3.22. The molecule has 0 radical (unpaired) electrons. The highest BCUT2D eigenvalue weighted by Gasteiger charge is 2.33. The maximum atomic E-state index is 12.3. The number of hydrogen-bond donors (Lipinski definition) is 1. The largest absolute Gasteiger partial charge is 0.315 e. The Morgan fingerprint density at radius 3 is 2.41 bits per heavy atom. The molecule has 104 valence electrons. The second-order valence-corrected chi connectivity index (χ2v) is 6.17. The van der Waals surface area contributed by atoms with Crippen molar-refractivity contribution < 1.29 is 8.42 Å². The van der Waals surface area contributed by atoms with Crippen molar-refractivity contribution in [3.8, 4) is 0 Å². The van der Waals surface area contributed by atoms with E-state index < -0.39 is 10.2 Å². The van der Waals surface area contributed by atoms with E-state index in [1.54, 1.807) is 11.4 Å². The fourth-order valence-corrected chi connectivity index (χ4v) is 3.59. The van der Waals surface area contributed by atoms with Crippen molar-refractivity contribution in [3.05, 3.63) is 0 Å². The minimum absolute atomic E-state index is 0. The van der Waals surface area contributed by atoms with Gasteiger partial charge < -0.3 is 5.32 Å². The molecule has 1 heterocycles. The molecule has 0 saturated carbocycles. The first-order chi connectivity index (χ1) is 7.54. The summed E-state index contributed by atoms with van der Waals surface area (Å²) in [7, 11) is -1.63. The van der Waals surface area contributed by atoms with E-state index in [1.165, 1.54) is 4.31 Å². The van der Waals surface area contributed by atoms with Crippen molar-refractivity contribution in [1.82, 2.24) is 13.9 Å². The lowest BCUT2D eigenvalue weighted by Crippen LogP contribution is -2.48. The zero-order valence-electron chi connectivity index (χ0n) is 10.8. The Balaban J connectivity index is 0.00000256. The lowest BCUT2D eigenvalue weighted by atomic mass is 10.2. The molecule has 0 aromatic rings. The molecule has 1 N–H and O–H groups in total. The van der Waals surface area contributed by atoms with Crippen molar-refractivity contribution in [3.63, 3.8) is 0 Å². The van der Waals surface area contributed by atoms with Crippen LogP contribution >= 0.6 is 12.4 Å². The SMILES string of the molecule is CCCN(C1CCNC1)S(=O)(=O)N(C)CC.Cl. The highest BCUT2D eigenvalue weighted by Crippen LogP contribution is 2.16. The van der Waals surface area contributed by atoms with Gasteiger partial charge in [-0.2, -0.15) is 17.0 Å². The third kappa shape index (κ3) is 4.06. The molecular formula is C10H24ClN3O2S. The summed E-state index contributed by atoms with van der Waals surface area (Å²) >= 11 is 0. The first-order valence-electron chi connectivity index (χ1n) is 5.97. The van der Waals surface area contributed by atoms with Crippen LogP contribution in [0.25, 0.3) is 0 Å². The van der Waals surface area contributed by atoms with Crippen molar-refractivity contribution >= 4 is 22.6 Å². The number of hydrogen-bond acceptors (Lipinski definition) is 3. The zero-order chi connectivity index (χ0) is 12.2. The summed E-state index contributed by atoms with van der Waals surface area (Å²) < 4.78 is 27.6. The van der Waals surface area contributed by atoms with Crippen LogP contribution < -0.4 is 5.32 Å². The van der Waals surface area contributed by atoms with Gasteiger partial charge >= 0.3 is 0 Å². The van der Waals surface area contributed by atoms with E-state index in [9.17, 15) is 8.42 Å². The Hall–Kier alpha value is 0.120. The van der Waals surface area contributed by atoms with Gasteiger partial charge in [0, 0.05) is 32.7 Å². The molecule has 7 heteroatoms. The monoisotopic (exact) mass is 285 g/mol. The van der Waals surface area contributed by atoms with Gasteiger partial charge in [-0.3, -0.25) is 0 Å². The van der Waals surface area contributed by atoms with Crippen LogP contribution in [0.1, 0.15) is 26.7 Å². The van der Waals surface area contributed by atoms with Gasteiger partial charge in [0.1, 0.15) is 0 Å². The maximum absolute atomic E-state index is 12.3. The van der Waals surface area contributed by atoms with Gasteiger partial charge in [-0.25, -0.2) is 0 Å². The molecule has 5 nitrogen and oxygen atoms in total. The van der Waals surface area contributed by atoms with Gasteiger partial charge in [-0.15, -0.1) is 12.4 Å². The zero-order valence-corrected chi connectivity index (χ0v) is 12.5. The van der Waals surface area contributed by atoms with Gasteiger partial charge in [0.15, 0.2) is 0 Å². The predicted octanol–water partition coefficient (Wildman–Crippen LogP) is 0.679. The molecule has 17 heavy (non-hydrogen) atoms. The topological polar surface area (TPSA) is 52.7 Å². The summed E-state index contributed by atoms with van der Waals surface area (Å²) in [5.41, 5.74) is 0. The van der Waals surface area contributed by atoms with Crippen LogP contribution in [-0.2, 0) is 10.2 Å². The van der Waals surface area contributed by atoms with Gasteiger partial charge in [0.25, 0.3) is 10.2 Å². The number of nitrogens with one attached hydrogen (secondary N) is 1. The van der Waals surface area contributed by atoms with Crippen LogP contribution in [0.4, 0.5) is 0 Å². The highest BCUT2D eigenvalue weighted by molar-refractivity contribution is 7.86. The van der Waals surface area contributed by atoms with Crippen molar-refractivity contribution in [2.75, 3.05) is 33.2 Å². The van der Waals surface area contributed by atoms with Crippen LogP contribution in [0.5, 0.6) is 0 Å². The van der Waals surface area contributed by atoms with E-state index in [0.717, 1.165) is 25.9 Å². The lowest BCUT2D eigenvalue weighted by molar-refractivity contribution is 0.306. The minimum Gasteiger partial charge on any atom is -0.315 e. The van der Waals surface area contributed by atoms with Gasteiger partial charge in [-0.1, -0.05) is 13.8 Å². The predicted molar refractivity (Wildman–Crippen MR) is 72.7 cm³/mol. The van der Waals surface area contributed by atoms with Crippen LogP contribution in [-0.4, -0.2) is 56.3 Å². The maximum Gasteiger partial charge on any atom is 0.282 e. The first kappa shape index (κ1) is 17.1. The Bertz CT molecular complexity index is 305. The Labute approximate surface area is 111 Å². The summed E-state index contributed by atoms with van der Waals surface area (Å²) in [5.74, 6) is 0. The number of halogens is 1. The van der Waals surface area contributed by atoms with Crippen molar-refractivity contribution in [2.45, 2.75) is 32.7 Å². The molecule has 0 bridgehead atoms. The summed E-state index contributed by atoms with van der Waals surface area (Å²) in [4.78, 5) is 0. The molecule has 1 unspecified atom stereocenters. The molecular weight excluding hydrogens is 262 g/mol. The third-order valence-electron chi connectivity index (χ3n) is 3.02. The normalized spacial score (nSPS) is 20.9. The molecule has 0 aromatic carbocycles. The minimum atomic E-state index is -3.27. The Morgan fingerprint density at radius 1 is 1.35 bits per heavy atom. The molecule has 0 aliphatic carbocycles. The van der Waals surface area contributed by atoms with E-state index in [1.807, 2.05) is 13.8 Å².